The fraction of sp³-hybridized carbons (Fsp3) is 0.700. The van der Waals surface area contributed by atoms with E-state index in [9.17, 15) is 19.5 Å². The molecule has 96 valence electrons. The minimum atomic E-state index is -1.25. The number of primary amides is 1. The van der Waals surface area contributed by atoms with Gasteiger partial charge in [-0.25, -0.2) is 4.79 Å². The molecule has 0 radical (unpaired) electrons. The molecule has 1 rings (SSSR count). The number of hydrogen-bond acceptors (Lipinski definition) is 3. The molecule has 2 amide bonds. The molecule has 0 aromatic rings. The van der Waals surface area contributed by atoms with Crippen LogP contribution in [0.2, 0.25) is 0 Å². The zero-order chi connectivity index (χ0) is 13.2. The summed E-state index contributed by atoms with van der Waals surface area (Å²) in [7, 11) is 0. The van der Waals surface area contributed by atoms with Crippen molar-refractivity contribution in [3.05, 3.63) is 0 Å². The molecule has 7 heteroatoms. The lowest BCUT2D eigenvalue weighted by molar-refractivity contribution is -0.154. The number of aliphatic carboxylic acids is 1. The number of carbonyl (C=O) groups excluding carboxylic acids is 1. The molecule has 0 aromatic carbocycles. The van der Waals surface area contributed by atoms with Gasteiger partial charge < -0.3 is 15.9 Å². The van der Waals surface area contributed by atoms with E-state index >= 15 is 0 Å². The highest BCUT2D eigenvalue weighted by atomic mass is 16.4. The quantitative estimate of drug-likeness (QED) is 0.649. The van der Waals surface area contributed by atoms with Gasteiger partial charge >= 0.3 is 12.1 Å². The number of piperidine rings is 1. The third-order valence-corrected chi connectivity index (χ3v) is 3.50. The van der Waals surface area contributed by atoms with E-state index in [-0.39, 0.29) is 19.4 Å². The molecule has 0 saturated carbocycles. The van der Waals surface area contributed by atoms with Gasteiger partial charge in [-0.3, -0.25) is 14.5 Å². The van der Waals surface area contributed by atoms with Crippen LogP contribution in [0.4, 0.5) is 4.79 Å². The fourth-order valence-corrected chi connectivity index (χ4v) is 2.22. The first-order valence-corrected chi connectivity index (χ1v) is 5.36. The Labute approximate surface area is 98.2 Å². The van der Waals surface area contributed by atoms with Crippen LogP contribution in [-0.2, 0) is 9.59 Å². The summed E-state index contributed by atoms with van der Waals surface area (Å²) in [5, 5.41) is 18.1. The van der Waals surface area contributed by atoms with Gasteiger partial charge in [0.1, 0.15) is 6.04 Å². The summed E-state index contributed by atoms with van der Waals surface area (Å²) in [6.07, 6.45) is -0.751. The van der Waals surface area contributed by atoms with E-state index in [0.717, 1.165) is 4.90 Å². The number of carboxylic acids is 1. The third kappa shape index (κ3) is 2.32. The van der Waals surface area contributed by atoms with Gasteiger partial charge in [0, 0.05) is 6.54 Å². The molecule has 2 atom stereocenters. The first kappa shape index (κ1) is 13.3. The second-order valence-electron chi connectivity index (χ2n) is 4.29. The van der Waals surface area contributed by atoms with E-state index in [1.807, 2.05) is 0 Å². The van der Waals surface area contributed by atoms with E-state index in [4.69, 9.17) is 10.8 Å². The smallest absolute Gasteiger partial charge is 0.407 e. The van der Waals surface area contributed by atoms with Crippen LogP contribution in [-0.4, -0.2) is 45.7 Å². The lowest BCUT2D eigenvalue weighted by Gasteiger charge is -2.41. The average molecular weight is 244 g/mol. The zero-order valence-electron chi connectivity index (χ0n) is 9.55. The van der Waals surface area contributed by atoms with Gasteiger partial charge in [-0.1, -0.05) is 6.92 Å². The Kier molecular flexibility index (Phi) is 3.59. The van der Waals surface area contributed by atoms with Crippen molar-refractivity contribution in [2.24, 2.45) is 11.1 Å². The summed E-state index contributed by atoms with van der Waals surface area (Å²) in [4.78, 5) is 34.3. The van der Waals surface area contributed by atoms with Crippen LogP contribution < -0.4 is 5.73 Å². The number of rotatable bonds is 3. The highest BCUT2D eigenvalue weighted by molar-refractivity contribution is 5.86. The van der Waals surface area contributed by atoms with Gasteiger partial charge in [0.15, 0.2) is 0 Å². The van der Waals surface area contributed by atoms with Gasteiger partial charge in [-0.15, -0.1) is 0 Å². The third-order valence-electron chi connectivity index (χ3n) is 3.50. The van der Waals surface area contributed by atoms with Crippen molar-refractivity contribution in [2.75, 3.05) is 6.54 Å². The number of nitrogens with zero attached hydrogens (tertiary/aromatic N) is 1. The van der Waals surface area contributed by atoms with Crippen molar-refractivity contribution in [1.29, 1.82) is 0 Å². The molecule has 1 saturated heterocycles. The average Bonchev–Trinajstić information content (AvgIpc) is 2.27. The van der Waals surface area contributed by atoms with Gasteiger partial charge in [0.25, 0.3) is 0 Å². The number of likely N-dealkylation sites (tertiary alicyclic amines) is 1. The number of hydrogen-bond donors (Lipinski definition) is 3. The van der Waals surface area contributed by atoms with Gasteiger partial charge in [0.05, 0.1) is 5.41 Å². The van der Waals surface area contributed by atoms with Crippen LogP contribution >= 0.6 is 0 Å². The maximum absolute atomic E-state index is 11.2. The number of carboxylic acid groups (broad SMARTS) is 2. The summed E-state index contributed by atoms with van der Waals surface area (Å²) < 4.78 is 0. The van der Waals surface area contributed by atoms with Gasteiger partial charge in [-0.05, 0) is 19.3 Å². The molecule has 0 spiro atoms. The Balaban J connectivity index is 2.99. The minimum Gasteiger partial charge on any atom is -0.481 e. The Hall–Kier alpha value is -1.79. The number of amides is 2. The summed E-state index contributed by atoms with van der Waals surface area (Å²) in [5.41, 5.74) is 4.08. The van der Waals surface area contributed by atoms with E-state index in [1.165, 1.54) is 0 Å². The van der Waals surface area contributed by atoms with Gasteiger partial charge in [-0.2, -0.15) is 0 Å². The lowest BCUT2D eigenvalue weighted by atomic mass is 9.73. The molecule has 7 nitrogen and oxygen atoms in total. The maximum atomic E-state index is 11.2. The Morgan fingerprint density at radius 2 is 2.00 bits per heavy atom. The summed E-state index contributed by atoms with van der Waals surface area (Å²) in [6.45, 7) is 1.73. The summed E-state index contributed by atoms with van der Waals surface area (Å²) in [5.74, 6) is -1.80. The molecule has 0 aromatic heterocycles. The van der Waals surface area contributed by atoms with Crippen LogP contribution in [0.3, 0.4) is 0 Å². The first-order valence-electron chi connectivity index (χ1n) is 5.36. The molecular formula is C10H16N2O5. The van der Waals surface area contributed by atoms with Crippen LogP contribution in [0.25, 0.3) is 0 Å². The lowest BCUT2D eigenvalue weighted by Crippen LogP contribution is -2.56. The Morgan fingerprint density at radius 3 is 2.35 bits per heavy atom. The SMILES string of the molecule is CCC1(C(=O)O)CCN(C(=O)O)C(C(N)=O)C1. The highest BCUT2D eigenvalue weighted by Gasteiger charge is 2.47. The second-order valence-corrected chi connectivity index (χ2v) is 4.29. The van der Waals surface area contributed by atoms with E-state index < -0.39 is 29.4 Å². The van der Waals surface area contributed by atoms with Crippen LogP contribution in [0, 0.1) is 5.41 Å². The predicted octanol–water partition coefficient (Wildman–Crippen LogP) is 0.0951. The molecule has 0 bridgehead atoms. The molecular weight excluding hydrogens is 228 g/mol. The molecule has 1 fully saturated rings. The first-order chi connectivity index (χ1) is 7.84. The van der Waals surface area contributed by atoms with E-state index in [1.54, 1.807) is 6.92 Å². The van der Waals surface area contributed by atoms with Gasteiger partial charge in [0.2, 0.25) is 5.91 Å². The maximum Gasteiger partial charge on any atom is 0.407 e. The molecule has 1 aliphatic heterocycles. The van der Waals surface area contributed by atoms with Crippen molar-refractivity contribution in [3.63, 3.8) is 0 Å². The summed E-state index contributed by atoms with van der Waals surface area (Å²) >= 11 is 0. The normalized spacial score (nSPS) is 28.8. The van der Waals surface area contributed by atoms with Crippen molar-refractivity contribution in [3.8, 4) is 0 Å². The monoisotopic (exact) mass is 244 g/mol. The number of nitrogens with two attached hydrogens (primary N) is 1. The van der Waals surface area contributed by atoms with Crippen molar-refractivity contribution in [1.82, 2.24) is 4.90 Å². The second kappa shape index (κ2) is 4.60. The van der Waals surface area contributed by atoms with E-state index in [0.29, 0.717) is 6.42 Å². The van der Waals surface area contributed by atoms with Crippen molar-refractivity contribution >= 4 is 18.0 Å². The molecule has 0 aliphatic carbocycles. The molecule has 2 unspecified atom stereocenters. The topological polar surface area (TPSA) is 121 Å². The predicted molar refractivity (Wildman–Crippen MR) is 57.3 cm³/mol. The summed E-state index contributed by atoms with van der Waals surface area (Å²) in [6, 6.07) is -1.06. The zero-order valence-corrected chi connectivity index (χ0v) is 9.55. The van der Waals surface area contributed by atoms with Crippen LogP contribution in [0.1, 0.15) is 26.2 Å². The highest BCUT2D eigenvalue weighted by Crippen LogP contribution is 2.38. The largest absolute Gasteiger partial charge is 0.481 e. The standard InChI is InChI=1S/C10H16N2O5/c1-2-10(8(14)15)3-4-12(9(16)17)6(5-10)7(11)13/h6H,2-5H2,1H3,(H2,11,13)(H,14,15)(H,16,17). The molecule has 17 heavy (non-hydrogen) atoms. The van der Waals surface area contributed by atoms with Crippen LogP contribution in [0.15, 0.2) is 0 Å². The Morgan fingerprint density at radius 1 is 1.41 bits per heavy atom. The van der Waals surface area contributed by atoms with E-state index in [2.05, 4.69) is 0 Å². The fourth-order valence-electron chi connectivity index (χ4n) is 2.22. The minimum absolute atomic E-state index is 0.0169. The van der Waals surface area contributed by atoms with Crippen LogP contribution in [0.5, 0.6) is 0 Å². The molecule has 1 heterocycles. The number of carbonyl (C=O) groups is 3. The molecule has 4 N–H and O–H groups in total. The van der Waals surface area contributed by atoms with Crippen molar-refractivity contribution < 1.29 is 24.6 Å². The van der Waals surface area contributed by atoms with Crippen molar-refractivity contribution in [2.45, 2.75) is 32.2 Å². The Bertz CT molecular complexity index is 357. The molecule has 1 aliphatic rings.